The van der Waals surface area contributed by atoms with Gasteiger partial charge in [-0.15, -0.1) is 0 Å². The van der Waals surface area contributed by atoms with E-state index in [1.807, 2.05) is 0 Å². The molecule has 8 aromatic carbocycles. The van der Waals surface area contributed by atoms with Gasteiger partial charge in [0.15, 0.2) is 13.2 Å². The summed E-state index contributed by atoms with van der Waals surface area (Å²) in [6.07, 6.45) is 2.11. The van der Waals surface area contributed by atoms with Gasteiger partial charge in [0.05, 0.1) is 55.7 Å². The first-order chi connectivity index (χ1) is 45.5. The molecule has 8 heteroatoms. The quantitative estimate of drug-likeness (QED) is 0.0748. The molecule has 0 bridgehead atoms. The fourth-order valence-corrected chi connectivity index (χ4v) is 15.8. The van der Waals surface area contributed by atoms with Gasteiger partial charge >= 0.3 is 0 Å². The van der Waals surface area contributed by atoms with Crippen LogP contribution in [0.3, 0.4) is 0 Å². The number of nitrogens with zero attached hydrogens (tertiary/aromatic N) is 2. The van der Waals surface area contributed by atoms with E-state index in [9.17, 15) is 10.2 Å². The van der Waals surface area contributed by atoms with Gasteiger partial charge in [-0.1, -0.05) is 229 Å². The fourth-order valence-electron chi connectivity index (χ4n) is 15.8. The Bertz CT molecular complexity index is 4290. The highest BCUT2D eigenvalue weighted by atomic mass is 19.1. The van der Waals surface area contributed by atoms with Crippen molar-refractivity contribution in [2.24, 2.45) is 10.8 Å². The molecule has 528 valence electrons. The van der Waals surface area contributed by atoms with Gasteiger partial charge in [-0.3, -0.25) is 0 Å². The van der Waals surface area contributed by atoms with Crippen LogP contribution in [0.1, 0.15) is 256 Å². The lowest BCUT2D eigenvalue weighted by Crippen LogP contribution is -2.25. The molecule has 10 rings (SSSR count). The third kappa shape index (κ3) is 14.8. The van der Waals surface area contributed by atoms with E-state index >= 15 is 8.78 Å². The van der Waals surface area contributed by atoms with E-state index in [1.165, 1.54) is 22.3 Å². The van der Waals surface area contributed by atoms with Crippen LogP contribution in [0.4, 0.5) is 8.78 Å². The molecule has 0 saturated heterocycles. The van der Waals surface area contributed by atoms with Crippen molar-refractivity contribution in [2.45, 2.75) is 244 Å². The van der Waals surface area contributed by atoms with Crippen molar-refractivity contribution in [3.05, 3.63) is 192 Å². The zero-order valence-corrected chi connectivity index (χ0v) is 65.0. The van der Waals surface area contributed by atoms with Gasteiger partial charge in [-0.05, 0) is 188 Å². The number of phenolic OH excluding ortho intramolecular Hbond substituents is 2. The number of phenols is 2. The SMILES string of the molecule is [CH2-][O+](CCC[O+]([CH2-])c1c(-c2cc(C(C)(C)CC(C)(C)C)cc(-n3c4cc(C(C)(C)C)ccc4c4ccc(C(C)(C)C)cc43)c2O)cc(F)cc1C(C)C)c1c(-c2cc(C(C)(C)CC(C)(C)C)cc(-n3c4cc(C(C)(C)C)ccc4c4ccc(C(C)(C)C)cc43)c2O)cc(F)cc1C(C)C. The second-order valence-electron chi connectivity index (χ2n) is 37.4. The van der Waals surface area contributed by atoms with E-state index in [0.717, 1.165) is 78.7 Å². The molecule has 0 saturated carbocycles. The van der Waals surface area contributed by atoms with Gasteiger partial charge in [0.2, 0.25) is 11.5 Å². The molecule has 0 aliphatic carbocycles. The van der Waals surface area contributed by atoms with Crippen LogP contribution in [0.5, 0.6) is 23.0 Å². The van der Waals surface area contributed by atoms with Crippen molar-refractivity contribution in [1.82, 2.24) is 9.13 Å². The van der Waals surface area contributed by atoms with Crippen molar-refractivity contribution in [3.63, 3.8) is 0 Å². The Balaban J connectivity index is 1.14. The topological polar surface area (TPSA) is 55.7 Å². The predicted octanol–water partition coefficient (Wildman–Crippen LogP) is 27.0. The minimum absolute atomic E-state index is 0.0336. The minimum Gasteiger partial charge on any atom is -0.711 e. The third-order valence-corrected chi connectivity index (χ3v) is 20.5. The van der Waals surface area contributed by atoms with E-state index in [0.29, 0.717) is 64.8 Å². The molecular weight excluding hydrogens is 1220 g/mol. The van der Waals surface area contributed by atoms with Crippen LogP contribution in [-0.4, -0.2) is 32.6 Å². The van der Waals surface area contributed by atoms with Gasteiger partial charge in [-0.25, -0.2) is 8.78 Å². The lowest BCUT2D eigenvalue weighted by molar-refractivity contribution is -0.0177. The molecule has 0 spiro atoms. The summed E-state index contributed by atoms with van der Waals surface area (Å²) in [7, 11) is 9.44. The normalized spacial score (nSPS) is 13.4. The maximum atomic E-state index is 16.9. The van der Waals surface area contributed by atoms with Crippen molar-refractivity contribution < 1.29 is 27.7 Å². The first-order valence-corrected chi connectivity index (χ1v) is 36.1. The average Bonchev–Trinajstić information content (AvgIpc) is 1.63. The van der Waals surface area contributed by atoms with Crippen LogP contribution in [0.25, 0.3) is 77.2 Å². The van der Waals surface area contributed by atoms with Crippen molar-refractivity contribution in [1.29, 1.82) is 0 Å². The Morgan fingerprint density at radius 3 is 0.879 bits per heavy atom. The van der Waals surface area contributed by atoms with Gasteiger partial charge in [0, 0.05) is 32.7 Å². The van der Waals surface area contributed by atoms with Gasteiger partial charge < -0.3 is 28.1 Å². The Morgan fingerprint density at radius 1 is 0.364 bits per heavy atom. The standard InChI is InChI=1S/C91H116F2N2O4/c1-54(2)68-48-62(92)50-72(70-40-60(90(23,24)52-84(5,6)7)46-78(80(70)96)94-74-42-56(86(11,12)13)30-34-64(74)65-35-31-57(43-75(65)94)87(14,15)16)82(68)98(27)38-29-39-99(28)83-69(55(3)4)49-63(93)51-73(83)71-41-61(91(25,26)53-85(8,9)10)47-79(81(71)97)95-76-44-58(88(17,18)19)32-36-66(76)67-37-33-59(45-77(67)95)89(20,21)22/h30-37,40-51,54-55,96-97H,27-29,38-39,52-53H2,1-26H3. The lowest BCUT2D eigenvalue weighted by Gasteiger charge is -2.36. The zero-order valence-electron chi connectivity index (χ0n) is 65.0. The van der Waals surface area contributed by atoms with Crippen LogP contribution in [-0.2, 0) is 41.2 Å². The monoisotopic (exact) mass is 1340 g/mol. The molecule has 0 amide bonds. The van der Waals surface area contributed by atoms with Crippen LogP contribution in [0, 0.1) is 36.7 Å². The first kappa shape index (κ1) is 74.1. The summed E-state index contributed by atoms with van der Waals surface area (Å²) < 4.78 is 44.6. The molecule has 0 aliphatic heterocycles. The van der Waals surface area contributed by atoms with E-state index in [-0.39, 0.29) is 55.8 Å². The lowest BCUT2D eigenvalue weighted by atomic mass is 9.71. The highest BCUT2D eigenvalue weighted by Gasteiger charge is 2.36. The molecule has 0 atom stereocenters. The predicted molar refractivity (Wildman–Crippen MR) is 419 cm³/mol. The maximum absolute atomic E-state index is 16.9. The summed E-state index contributed by atoms with van der Waals surface area (Å²) in [5, 5.41) is 31.4. The van der Waals surface area contributed by atoms with Crippen molar-refractivity contribution >= 4 is 43.6 Å². The van der Waals surface area contributed by atoms with E-state index < -0.39 is 22.5 Å². The van der Waals surface area contributed by atoms with Crippen LogP contribution in [0.15, 0.2) is 121 Å². The molecule has 2 aromatic heterocycles. The van der Waals surface area contributed by atoms with Crippen LogP contribution in [0.2, 0.25) is 0 Å². The Kier molecular flexibility index (Phi) is 19.3. The molecule has 99 heavy (non-hydrogen) atoms. The minimum atomic E-state index is -0.419. The second-order valence-corrected chi connectivity index (χ2v) is 37.4. The molecule has 2 N–H and O–H groups in total. The number of halogens is 2. The molecule has 2 heterocycles. The third-order valence-electron chi connectivity index (χ3n) is 20.5. The molecule has 0 radical (unpaired) electrons. The summed E-state index contributed by atoms with van der Waals surface area (Å²) in [5.41, 5.74) is 13.7. The summed E-state index contributed by atoms with van der Waals surface area (Å²) in [6.45, 7) is 58.3. The van der Waals surface area contributed by atoms with Crippen molar-refractivity contribution in [2.75, 3.05) is 13.2 Å². The highest BCUT2D eigenvalue weighted by molar-refractivity contribution is 6.11. The highest BCUT2D eigenvalue weighted by Crippen LogP contribution is 2.54. The number of aromatic nitrogens is 2. The first-order valence-electron chi connectivity index (χ1n) is 36.1. The molecular formula is C91H116F2N2O4. The maximum Gasteiger partial charge on any atom is 0.238 e. The molecule has 0 aliphatic rings. The number of aromatic hydroxyl groups is 2. The average molecular weight is 1340 g/mol. The fraction of sp³-hybridized carbons (Fsp3) is 0.451. The summed E-state index contributed by atoms with van der Waals surface area (Å²) >= 11 is 0. The Hall–Kier alpha value is -7.58. The molecule has 0 unspecified atom stereocenters. The second kappa shape index (κ2) is 25.8. The smallest absolute Gasteiger partial charge is 0.238 e. The number of benzene rings is 8. The van der Waals surface area contributed by atoms with Gasteiger partial charge in [0.1, 0.15) is 29.6 Å². The zero-order chi connectivity index (χ0) is 73.3. The van der Waals surface area contributed by atoms with E-state index in [4.69, 9.17) is 14.2 Å². The van der Waals surface area contributed by atoms with Crippen LogP contribution < -0.4 is 0 Å². The van der Waals surface area contributed by atoms with Gasteiger partial charge in [-0.2, -0.15) is 0 Å². The molecule has 0 fully saturated rings. The molecule has 6 nitrogen and oxygen atoms in total. The van der Waals surface area contributed by atoms with Crippen molar-refractivity contribution in [3.8, 4) is 56.6 Å². The molecule has 10 aromatic rings. The van der Waals surface area contributed by atoms with Gasteiger partial charge in [0.25, 0.3) is 0 Å². The number of hydrogen-bond donors (Lipinski definition) is 2. The van der Waals surface area contributed by atoms with E-state index in [1.54, 1.807) is 24.3 Å². The Labute approximate surface area is 593 Å². The summed E-state index contributed by atoms with van der Waals surface area (Å²) in [4.78, 5) is 0. The number of hydrogen-bond acceptors (Lipinski definition) is 2. The summed E-state index contributed by atoms with van der Waals surface area (Å²) in [6, 6.07) is 41.7. The summed E-state index contributed by atoms with van der Waals surface area (Å²) in [5.74, 6) is 0.192. The Morgan fingerprint density at radius 2 is 0.636 bits per heavy atom. The van der Waals surface area contributed by atoms with E-state index in [2.05, 4.69) is 295 Å². The number of fused-ring (bicyclic) bond motifs is 6. The number of rotatable bonds is 16. The van der Waals surface area contributed by atoms with Crippen LogP contribution >= 0.6 is 0 Å². The largest absolute Gasteiger partial charge is 0.711 e.